The Morgan fingerprint density at radius 2 is 2.16 bits per heavy atom. The highest BCUT2D eigenvalue weighted by atomic mass is 19.1. The average Bonchev–Trinajstić information content (AvgIpc) is 3.61. The van der Waals surface area contributed by atoms with Crippen molar-refractivity contribution in [2.75, 3.05) is 11.9 Å². The van der Waals surface area contributed by atoms with E-state index >= 15 is 0 Å². The van der Waals surface area contributed by atoms with Gasteiger partial charge < -0.3 is 5.32 Å². The maximum absolute atomic E-state index is 14.6. The number of hydrogen-bond acceptors (Lipinski definition) is 5. The van der Waals surface area contributed by atoms with Crippen LogP contribution >= 0.6 is 0 Å². The Balaban J connectivity index is 1.43. The van der Waals surface area contributed by atoms with E-state index in [9.17, 15) is 9.18 Å². The van der Waals surface area contributed by atoms with Gasteiger partial charge in [-0.1, -0.05) is 19.4 Å². The van der Waals surface area contributed by atoms with Gasteiger partial charge in [-0.15, -0.1) is 0 Å². The summed E-state index contributed by atoms with van der Waals surface area (Å²) < 4.78 is 14.6. The van der Waals surface area contributed by atoms with Crippen LogP contribution in [0, 0.1) is 5.82 Å². The molecule has 4 rings (SSSR count). The highest BCUT2D eigenvalue weighted by molar-refractivity contribution is 6.04. The molecule has 1 fully saturated rings. The molecule has 2 aromatic rings. The summed E-state index contributed by atoms with van der Waals surface area (Å²) in [5.74, 6) is -0.640. The molecule has 2 heterocycles. The molecule has 0 saturated heterocycles. The molecule has 1 saturated carbocycles. The lowest BCUT2D eigenvalue weighted by molar-refractivity contribution is 0.102. The second-order valence-corrected chi connectivity index (χ2v) is 8.14. The lowest BCUT2D eigenvalue weighted by Gasteiger charge is -2.29. The number of fused-ring (bicyclic) bond motifs is 1. The van der Waals surface area contributed by atoms with Crippen LogP contribution in [0.2, 0.25) is 0 Å². The molecule has 1 aliphatic heterocycles. The summed E-state index contributed by atoms with van der Waals surface area (Å²) in [7, 11) is 0. The Morgan fingerprint density at radius 3 is 2.97 bits per heavy atom. The van der Waals surface area contributed by atoms with Gasteiger partial charge in [-0.3, -0.25) is 9.69 Å². The lowest BCUT2D eigenvalue weighted by Crippen LogP contribution is -2.32. The summed E-state index contributed by atoms with van der Waals surface area (Å²) in [6.45, 7) is 3.87. The molecular formula is C24H28FN5O. The molecule has 0 atom stereocenters. The third-order valence-corrected chi connectivity index (χ3v) is 5.68. The molecular weight excluding hydrogens is 393 g/mol. The van der Waals surface area contributed by atoms with Crippen LogP contribution in [-0.2, 0) is 13.0 Å². The predicted molar refractivity (Wildman–Crippen MR) is 121 cm³/mol. The molecule has 1 aliphatic carbocycles. The van der Waals surface area contributed by atoms with E-state index in [0.717, 1.165) is 49.9 Å². The van der Waals surface area contributed by atoms with Gasteiger partial charge in [-0.25, -0.2) is 9.37 Å². The van der Waals surface area contributed by atoms with Crippen molar-refractivity contribution in [1.29, 1.82) is 0 Å². The monoisotopic (exact) mass is 421 g/mol. The minimum Gasteiger partial charge on any atom is -0.306 e. The quantitative estimate of drug-likeness (QED) is 0.385. The van der Waals surface area contributed by atoms with Gasteiger partial charge >= 0.3 is 0 Å². The van der Waals surface area contributed by atoms with Crippen molar-refractivity contribution in [2.24, 2.45) is 10.2 Å². The average molecular weight is 422 g/mol. The standard InChI is InChI=1S/C24H28FN5O/c1-2-3-4-11-26-27-15-19-6-5-7-23(28-19)29-24(31)21-13-18-16-30(20-8-9-20)12-10-17(18)14-22(21)25/h5-7,11,13-15,20H,2-4,8-10,12,16H2,1H3,(H,28,29,31)/b26-11+,27-15+. The fourth-order valence-corrected chi connectivity index (χ4v) is 3.80. The molecule has 1 N–H and O–H groups in total. The number of nitrogens with zero attached hydrogens (tertiary/aromatic N) is 4. The van der Waals surface area contributed by atoms with Crippen LogP contribution in [0.1, 0.15) is 66.2 Å². The zero-order valence-electron chi connectivity index (χ0n) is 17.9. The van der Waals surface area contributed by atoms with Gasteiger partial charge in [0.05, 0.1) is 17.5 Å². The van der Waals surface area contributed by atoms with Crippen LogP contribution < -0.4 is 5.32 Å². The number of nitrogens with one attached hydrogen (secondary N) is 1. The molecule has 162 valence electrons. The van der Waals surface area contributed by atoms with Crippen molar-refractivity contribution in [3.05, 3.63) is 58.5 Å². The van der Waals surface area contributed by atoms with Gasteiger partial charge in [0, 0.05) is 25.3 Å². The molecule has 1 aromatic heterocycles. The second-order valence-electron chi connectivity index (χ2n) is 8.14. The van der Waals surface area contributed by atoms with E-state index in [0.29, 0.717) is 17.6 Å². The number of carbonyl (C=O) groups is 1. The zero-order chi connectivity index (χ0) is 21.6. The second kappa shape index (κ2) is 9.92. The topological polar surface area (TPSA) is 70.0 Å². The summed E-state index contributed by atoms with van der Waals surface area (Å²) in [6.07, 6.45) is 9.69. The molecule has 0 unspecified atom stereocenters. The third kappa shape index (κ3) is 5.61. The summed E-state index contributed by atoms with van der Waals surface area (Å²) in [5, 5.41) is 10.7. The molecule has 0 bridgehead atoms. The van der Waals surface area contributed by atoms with Gasteiger partial charge in [0.15, 0.2) is 0 Å². The molecule has 0 radical (unpaired) electrons. The van der Waals surface area contributed by atoms with E-state index in [2.05, 4.69) is 32.3 Å². The van der Waals surface area contributed by atoms with E-state index in [-0.39, 0.29) is 5.56 Å². The number of hydrogen-bond donors (Lipinski definition) is 1. The largest absolute Gasteiger partial charge is 0.306 e. The molecule has 31 heavy (non-hydrogen) atoms. The van der Waals surface area contributed by atoms with E-state index in [4.69, 9.17) is 0 Å². The maximum Gasteiger partial charge on any atom is 0.259 e. The Kier molecular flexibility index (Phi) is 6.82. The van der Waals surface area contributed by atoms with Crippen LogP contribution in [-0.4, -0.2) is 40.8 Å². The van der Waals surface area contributed by atoms with E-state index < -0.39 is 11.7 Å². The van der Waals surface area contributed by atoms with Gasteiger partial charge in [-0.05, 0) is 67.5 Å². The van der Waals surface area contributed by atoms with Crippen molar-refractivity contribution >= 4 is 24.2 Å². The molecule has 6 nitrogen and oxygen atoms in total. The number of unbranched alkanes of at least 4 members (excludes halogenated alkanes) is 2. The van der Waals surface area contributed by atoms with Crippen LogP contribution in [0.25, 0.3) is 0 Å². The summed E-state index contributed by atoms with van der Waals surface area (Å²) in [6, 6.07) is 9.07. The fourth-order valence-electron chi connectivity index (χ4n) is 3.80. The normalized spacial score (nSPS) is 16.7. The molecule has 0 spiro atoms. The lowest BCUT2D eigenvalue weighted by atomic mass is 9.96. The summed E-state index contributed by atoms with van der Waals surface area (Å²) in [5.41, 5.74) is 2.66. The predicted octanol–water partition coefficient (Wildman–Crippen LogP) is 4.59. The van der Waals surface area contributed by atoms with E-state index in [1.165, 1.54) is 25.1 Å². The Bertz CT molecular complexity index is 999. The molecule has 7 heteroatoms. The zero-order valence-corrected chi connectivity index (χ0v) is 17.9. The smallest absolute Gasteiger partial charge is 0.259 e. The SMILES string of the molecule is CCCC/C=N/N=C/c1cccc(NC(=O)c2cc3c(cc2F)CCN(C2CC2)C3)n1. The fraction of sp³-hybridized carbons (Fsp3) is 0.417. The first kappa shape index (κ1) is 21.3. The number of halogens is 1. The van der Waals surface area contributed by atoms with Crippen LogP contribution in [0.4, 0.5) is 10.2 Å². The third-order valence-electron chi connectivity index (χ3n) is 5.68. The van der Waals surface area contributed by atoms with E-state index in [1.807, 2.05) is 0 Å². The Morgan fingerprint density at radius 1 is 1.29 bits per heavy atom. The van der Waals surface area contributed by atoms with Crippen molar-refractivity contribution in [3.8, 4) is 0 Å². The summed E-state index contributed by atoms with van der Waals surface area (Å²) in [4.78, 5) is 19.5. The molecule has 1 aromatic carbocycles. The number of carbonyl (C=O) groups excluding carboxylic acids is 1. The van der Waals surface area contributed by atoms with Gasteiger partial charge in [0.25, 0.3) is 5.91 Å². The van der Waals surface area contributed by atoms with Crippen LogP contribution in [0.5, 0.6) is 0 Å². The first-order chi connectivity index (χ1) is 15.1. The number of aromatic nitrogens is 1. The Hall–Kier alpha value is -2.93. The Labute approximate surface area is 182 Å². The van der Waals surface area contributed by atoms with E-state index in [1.54, 1.807) is 30.5 Å². The number of pyridine rings is 1. The highest BCUT2D eigenvalue weighted by Crippen LogP contribution is 2.32. The number of anilines is 1. The molecule has 1 amide bonds. The van der Waals surface area contributed by atoms with Crippen molar-refractivity contribution in [2.45, 2.75) is 58.0 Å². The van der Waals surface area contributed by atoms with Crippen LogP contribution in [0.3, 0.4) is 0 Å². The van der Waals surface area contributed by atoms with Crippen molar-refractivity contribution in [1.82, 2.24) is 9.88 Å². The van der Waals surface area contributed by atoms with Gasteiger partial charge in [-0.2, -0.15) is 10.2 Å². The maximum atomic E-state index is 14.6. The summed E-state index contributed by atoms with van der Waals surface area (Å²) >= 11 is 0. The van der Waals surface area contributed by atoms with Gasteiger partial charge in [0.1, 0.15) is 11.6 Å². The minimum atomic E-state index is -0.497. The number of amides is 1. The van der Waals surface area contributed by atoms with Gasteiger partial charge in [0.2, 0.25) is 0 Å². The minimum absolute atomic E-state index is 0.0535. The first-order valence-corrected chi connectivity index (χ1v) is 11.0. The van der Waals surface area contributed by atoms with Crippen LogP contribution in [0.15, 0.2) is 40.5 Å². The highest BCUT2D eigenvalue weighted by Gasteiger charge is 2.31. The molecule has 2 aliphatic rings. The number of rotatable bonds is 8. The number of benzene rings is 1. The van der Waals surface area contributed by atoms with Crippen molar-refractivity contribution in [3.63, 3.8) is 0 Å². The first-order valence-electron chi connectivity index (χ1n) is 11.0. The van der Waals surface area contributed by atoms with Crippen molar-refractivity contribution < 1.29 is 9.18 Å².